The first-order chi connectivity index (χ1) is 7.71. The van der Waals surface area contributed by atoms with Crippen molar-refractivity contribution in [2.24, 2.45) is 0 Å². The van der Waals surface area contributed by atoms with Crippen LogP contribution >= 0.6 is 11.3 Å². The van der Waals surface area contributed by atoms with Crippen LogP contribution in [0.3, 0.4) is 0 Å². The normalized spacial score (nSPS) is 14.4. The molecule has 1 rings (SSSR count). The Hall–Kier alpha value is -0.550. The summed E-state index contributed by atoms with van der Waals surface area (Å²) in [6.45, 7) is 9.87. The minimum absolute atomic E-state index is 0.0100. The molecule has 1 aromatic heterocycles. The van der Waals surface area contributed by atoms with Gasteiger partial charge in [-0.1, -0.05) is 20.8 Å². The summed E-state index contributed by atoms with van der Waals surface area (Å²) in [5, 5.41) is 3.88. The molecule has 0 saturated heterocycles. The van der Waals surface area contributed by atoms with Crippen LogP contribution in [-0.2, 0) is 5.41 Å². The Morgan fingerprint density at radius 3 is 2.35 bits per heavy atom. The Morgan fingerprint density at radius 2 is 1.94 bits per heavy atom. The fraction of sp³-hybridized carbons (Fsp3) is 0.750. The molecule has 0 amide bonds. The van der Waals surface area contributed by atoms with Gasteiger partial charge in [-0.05, 0) is 13.8 Å². The number of aryl methyl sites for hydroxylation is 1. The summed E-state index contributed by atoms with van der Waals surface area (Å²) in [6, 6.07) is -0.0717. The van der Waals surface area contributed by atoms with Crippen LogP contribution in [0.4, 0.5) is 8.78 Å². The molecule has 0 aliphatic heterocycles. The number of alkyl halides is 2. The number of thiazole rings is 1. The van der Waals surface area contributed by atoms with Crippen molar-refractivity contribution in [1.82, 2.24) is 10.3 Å². The first kappa shape index (κ1) is 14.5. The van der Waals surface area contributed by atoms with Gasteiger partial charge in [-0.2, -0.15) is 0 Å². The van der Waals surface area contributed by atoms with Crippen molar-refractivity contribution in [3.63, 3.8) is 0 Å². The second-order valence-corrected chi connectivity index (χ2v) is 6.27. The molecule has 5 heteroatoms. The average molecular weight is 262 g/mol. The predicted molar refractivity (Wildman–Crippen MR) is 68.0 cm³/mol. The molecule has 1 atom stereocenters. The molecular formula is C12H20F2N2S. The van der Waals surface area contributed by atoms with Crippen LogP contribution in [0.1, 0.15) is 49.3 Å². The molecule has 17 heavy (non-hydrogen) atoms. The minimum Gasteiger partial charge on any atom is -0.304 e. The van der Waals surface area contributed by atoms with Crippen LogP contribution in [0.5, 0.6) is 0 Å². The van der Waals surface area contributed by atoms with Crippen LogP contribution in [-0.4, -0.2) is 18.0 Å². The van der Waals surface area contributed by atoms with Crippen LogP contribution in [0, 0.1) is 6.92 Å². The lowest BCUT2D eigenvalue weighted by Gasteiger charge is -2.14. The number of hydrogen-bond donors (Lipinski definition) is 1. The van der Waals surface area contributed by atoms with Crippen LogP contribution in [0.15, 0.2) is 0 Å². The van der Waals surface area contributed by atoms with E-state index in [0.29, 0.717) is 0 Å². The Bertz CT molecular complexity index is 369. The number of hydrogen-bond acceptors (Lipinski definition) is 3. The van der Waals surface area contributed by atoms with Crippen LogP contribution in [0.25, 0.3) is 0 Å². The number of aromatic nitrogens is 1. The number of rotatable bonds is 4. The number of nitrogens with one attached hydrogen (secondary N) is 1. The fourth-order valence-electron chi connectivity index (χ4n) is 1.49. The van der Waals surface area contributed by atoms with Crippen LogP contribution in [0.2, 0.25) is 0 Å². The maximum atomic E-state index is 12.1. The minimum atomic E-state index is -2.31. The summed E-state index contributed by atoms with van der Waals surface area (Å²) in [5.41, 5.74) is 0.949. The molecule has 1 unspecified atom stereocenters. The van der Waals surface area contributed by atoms with E-state index >= 15 is 0 Å². The maximum Gasteiger partial charge on any atom is 0.250 e. The Labute approximate surface area is 105 Å². The van der Waals surface area contributed by atoms with Crippen molar-refractivity contribution >= 4 is 11.3 Å². The van der Waals surface area contributed by atoms with E-state index in [1.807, 2.05) is 13.8 Å². The second kappa shape index (κ2) is 5.40. The summed E-state index contributed by atoms with van der Waals surface area (Å²) >= 11 is 1.61. The standard InChI is InChI=1S/C12H20F2N2S/c1-7(15-6-9(13)14)10-8(2)16-11(17-10)12(3,4)5/h7,9,15H,6H2,1-5H3. The van der Waals surface area contributed by atoms with Crippen molar-refractivity contribution < 1.29 is 8.78 Å². The molecule has 0 spiro atoms. The lowest BCUT2D eigenvalue weighted by molar-refractivity contribution is 0.142. The molecule has 1 heterocycles. The molecule has 0 saturated carbocycles. The van der Waals surface area contributed by atoms with Crippen LogP contribution < -0.4 is 5.32 Å². The highest BCUT2D eigenvalue weighted by Crippen LogP contribution is 2.32. The van der Waals surface area contributed by atoms with Gasteiger partial charge in [0.25, 0.3) is 6.43 Å². The fourth-order valence-corrected chi connectivity index (χ4v) is 2.64. The lowest BCUT2D eigenvalue weighted by Crippen LogP contribution is -2.24. The van der Waals surface area contributed by atoms with Gasteiger partial charge >= 0.3 is 0 Å². The maximum absolute atomic E-state index is 12.1. The van der Waals surface area contributed by atoms with Gasteiger partial charge in [0.1, 0.15) is 0 Å². The van der Waals surface area contributed by atoms with Gasteiger partial charge in [0.15, 0.2) is 0 Å². The zero-order valence-electron chi connectivity index (χ0n) is 11.0. The smallest absolute Gasteiger partial charge is 0.250 e. The van der Waals surface area contributed by atoms with E-state index in [4.69, 9.17) is 0 Å². The van der Waals surface area contributed by atoms with Crippen molar-refractivity contribution in [3.05, 3.63) is 15.6 Å². The quantitative estimate of drug-likeness (QED) is 0.895. The molecule has 0 aromatic carbocycles. The van der Waals surface area contributed by atoms with Gasteiger partial charge in [-0.15, -0.1) is 11.3 Å². The van der Waals surface area contributed by atoms with Gasteiger partial charge in [0.05, 0.1) is 17.2 Å². The van der Waals surface area contributed by atoms with Crippen molar-refractivity contribution in [2.45, 2.75) is 52.5 Å². The zero-order valence-corrected chi connectivity index (χ0v) is 11.8. The molecular weight excluding hydrogens is 242 g/mol. The van der Waals surface area contributed by atoms with Gasteiger partial charge in [0.2, 0.25) is 0 Å². The van der Waals surface area contributed by atoms with E-state index in [1.54, 1.807) is 11.3 Å². The first-order valence-electron chi connectivity index (χ1n) is 5.71. The molecule has 0 radical (unpaired) electrons. The van der Waals surface area contributed by atoms with E-state index in [0.717, 1.165) is 15.6 Å². The van der Waals surface area contributed by atoms with Crippen molar-refractivity contribution in [1.29, 1.82) is 0 Å². The summed E-state index contributed by atoms with van der Waals surface area (Å²) in [5.74, 6) is 0. The molecule has 2 nitrogen and oxygen atoms in total. The molecule has 0 fully saturated rings. The van der Waals surface area contributed by atoms with E-state index in [2.05, 4.69) is 31.1 Å². The predicted octanol–water partition coefficient (Wildman–Crippen LogP) is 3.66. The van der Waals surface area contributed by atoms with Gasteiger partial charge in [-0.3, -0.25) is 0 Å². The SMILES string of the molecule is Cc1nc(C(C)(C)C)sc1C(C)NCC(F)F. The second-order valence-electron chi connectivity index (χ2n) is 5.24. The highest BCUT2D eigenvalue weighted by molar-refractivity contribution is 7.12. The summed E-state index contributed by atoms with van der Waals surface area (Å²) < 4.78 is 24.3. The molecule has 0 aliphatic rings. The largest absolute Gasteiger partial charge is 0.304 e. The molecule has 98 valence electrons. The lowest BCUT2D eigenvalue weighted by atomic mass is 9.98. The summed E-state index contributed by atoms with van der Waals surface area (Å²) in [4.78, 5) is 5.57. The van der Waals surface area contributed by atoms with Gasteiger partial charge in [0, 0.05) is 16.3 Å². The molecule has 1 N–H and O–H groups in total. The highest BCUT2D eigenvalue weighted by atomic mass is 32.1. The number of nitrogens with zero attached hydrogens (tertiary/aromatic N) is 1. The summed E-state index contributed by atoms with van der Waals surface area (Å²) in [6.07, 6.45) is -2.31. The number of halogens is 2. The average Bonchev–Trinajstić information content (AvgIpc) is 2.56. The van der Waals surface area contributed by atoms with E-state index in [-0.39, 0.29) is 18.0 Å². The van der Waals surface area contributed by atoms with E-state index in [9.17, 15) is 8.78 Å². The Kier molecular flexibility index (Phi) is 4.61. The monoisotopic (exact) mass is 262 g/mol. The molecule has 0 bridgehead atoms. The van der Waals surface area contributed by atoms with E-state index in [1.165, 1.54) is 0 Å². The third-order valence-electron chi connectivity index (χ3n) is 2.45. The van der Waals surface area contributed by atoms with E-state index < -0.39 is 6.43 Å². The van der Waals surface area contributed by atoms with Crippen molar-refractivity contribution in [3.8, 4) is 0 Å². The summed E-state index contributed by atoms with van der Waals surface area (Å²) in [7, 11) is 0. The van der Waals surface area contributed by atoms with Crippen molar-refractivity contribution in [2.75, 3.05) is 6.54 Å². The zero-order chi connectivity index (χ0) is 13.2. The van der Waals surface area contributed by atoms with Gasteiger partial charge in [-0.25, -0.2) is 13.8 Å². The third-order valence-corrected chi connectivity index (χ3v) is 4.21. The van der Waals surface area contributed by atoms with Gasteiger partial charge < -0.3 is 5.32 Å². The molecule has 0 aliphatic carbocycles. The third kappa shape index (κ3) is 4.00. The topological polar surface area (TPSA) is 24.9 Å². The Morgan fingerprint density at radius 1 is 1.35 bits per heavy atom. The Balaban J connectivity index is 2.80. The first-order valence-corrected chi connectivity index (χ1v) is 6.52. The molecule has 1 aromatic rings. The highest BCUT2D eigenvalue weighted by Gasteiger charge is 2.22.